The number of hydrogen-bond donors (Lipinski definition) is 2. The lowest BCUT2D eigenvalue weighted by molar-refractivity contribution is 0.0697. The molecule has 0 saturated carbocycles. The van der Waals surface area contributed by atoms with Crippen molar-refractivity contribution in [2.24, 2.45) is 0 Å². The Bertz CT molecular complexity index is 339. The van der Waals surface area contributed by atoms with Gasteiger partial charge in [-0.2, -0.15) is 0 Å². The van der Waals surface area contributed by atoms with E-state index in [-0.39, 0.29) is 0 Å². The molecule has 76 valence electrons. The summed E-state index contributed by atoms with van der Waals surface area (Å²) in [6.07, 6.45) is 1.03. The number of carboxylic acids is 1. The van der Waals surface area contributed by atoms with Gasteiger partial charge in [0.15, 0.2) is 0 Å². The molecule has 1 aromatic carbocycles. The molecule has 0 fully saturated rings. The molecule has 0 saturated heterocycles. The van der Waals surface area contributed by atoms with E-state index in [0.29, 0.717) is 5.56 Å². The van der Waals surface area contributed by atoms with Crippen LogP contribution in [0.25, 0.3) is 0 Å². The van der Waals surface area contributed by atoms with Gasteiger partial charge in [-0.3, -0.25) is 0 Å². The minimum Gasteiger partial charge on any atom is -0.478 e. The molecule has 3 nitrogen and oxygen atoms in total. The molecule has 0 unspecified atom stereocenters. The standard InChI is InChI=1S/C10H12BrNO2/c1-2-5-12-9-4-3-7(10(13)14)6-8(9)11/h3-4,6,12H,2,5H2,1H3,(H,13,14). The maximum atomic E-state index is 10.6. The summed E-state index contributed by atoms with van der Waals surface area (Å²) in [4.78, 5) is 10.6. The van der Waals surface area contributed by atoms with Crippen LogP contribution in [0.15, 0.2) is 22.7 Å². The molecular formula is C10H12BrNO2. The summed E-state index contributed by atoms with van der Waals surface area (Å²) >= 11 is 3.32. The van der Waals surface area contributed by atoms with Gasteiger partial charge in [-0.25, -0.2) is 4.79 Å². The third kappa shape index (κ3) is 2.73. The predicted molar refractivity (Wildman–Crippen MR) is 59.9 cm³/mol. The Morgan fingerprint density at radius 1 is 1.57 bits per heavy atom. The van der Waals surface area contributed by atoms with Crippen LogP contribution in [0.3, 0.4) is 0 Å². The normalized spacial score (nSPS) is 9.86. The predicted octanol–water partition coefficient (Wildman–Crippen LogP) is 2.97. The summed E-state index contributed by atoms with van der Waals surface area (Å²) in [5.74, 6) is -0.909. The smallest absolute Gasteiger partial charge is 0.335 e. The van der Waals surface area contributed by atoms with Crippen LogP contribution in [-0.4, -0.2) is 17.6 Å². The van der Waals surface area contributed by atoms with Crippen molar-refractivity contribution in [3.05, 3.63) is 28.2 Å². The van der Waals surface area contributed by atoms with Crippen LogP contribution in [0, 0.1) is 0 Å². The van der Waals surface area contributed by atoms with Crippen molar-refractivity contribution in [2.45, 2.75) is 13.3 Å². The molecule has 0 spiro atoms. The van der Waals surface area contributed by atoms with Gasteiger partial charge in [-0.15, -0.1) is 0 Å². The van der Waals surface area contributed by atoms with Gasteiger partial charge >= 0.3 is 5.97 Å². The molecule has 4 heteroatoms. The molecule has 0 atom stereocenters. The minimum atomic E-state index is -0.909. The van der Waals surface area contributed by atoms with Crippen LogP contribution < -0.4 is 5.32 Å². The van der Waals surface area contributed by atoms with E-state index >= 15 is 0 Å². The summed E-state index contributed by atoms with van der Waals surface area (Å²) < 4.78 is 0.783. The van der Waals surface area contributed by atoms with E-state index < -0.39 is 5.97 Å². The second-order valence-corrected chi connectivity index (χ2v) is 3.78. The fraction of sp³-hybridized carbons (Fsp3) is 0.300. The van der Waals surface area contributed by atoms with E-state index in [1.807, 2.05) is 0 Å². The first-order valence-electron chi connectivity index (χ1n) is 4.42. The lowest BCUT2D eigenvalue weighted by atomic mass is 10.2. The Labute approximate surface area is 91.3 Å². The van der Waals surface area contributed by atoms with Gasteiger partial charge in [0.05, 0.1) is 5.56 Å². The number of anilines is 1. The molecule has 14 heavy (non-hydrogen) atoms. The molecule has 1 rings (SSSR count). The Morgan fingerprint density at radius 3 is 2.79 bits per heavy atom. The van der Waals surface area contributed by atoms with Gasteiger partial charge in [0.2, 0.25) is 0 Å². The molecule has 0 aliphatic rings. The highest BCUT2D eigenvalue weighted by atomic mass is 79.9. The molecule has 2 N–H and O–H groups in total. The molecule has 0 aliphatic carbocycles. The van der Waals surface area contributed by atoms with Crippen molar-refractivity contribution in [2.75, 3.05) is 11.9 Å². The van der Waals surface area contributed by atoms with Crippen molar-refractivity contribution >= 4 is 27.6 Å². The van der Waals surface area contributed by atoms with Crippen LogP contribution in [0.5, 0.6) is 0 Å². The molecule has 0 aromatic heterocycles. The number of halogens is 1. The van der Waals surface area contributed by atoms with E-state index in [9.17, 15) is 4.79 Å². The van der Waals surface area contributed by atoms with Crippen molar-refractivity contribution in [3.63, 3.8) is 0 Å². The fourth-order valence-electron chi connectivity index (χ4n) is 1.05. The maximum Gasteiger partial charge on any atom is 0.335 e. The Hall–Kier alpha value is -1.03. The fourth-order valence-corrected chi connectivity index (χ4v) is 1.57. The second kappa shape index (κ2) is 5.00. The van der Waals surface area contributed by atoms with Gasteiger partial charge in [0.1, 0.15) is 0 Å². The summed E-state index contributed by atoms with van der Waals surface area (Å²) in [5, 5.41) is 11.9. The first kappa shape index (κ1) is 11.0. The monoisotopic (exact) mass is 257 g/mol. The van der Waals surface area contributed by atoms with Gasteiger partial charge in [-0.05, 0) is 40.5 Å². The van der Waals surface area contributed by atoms with Crippen molar-refractivity contribution < 1.29 is 9.90 Å². The molecule has 0 aliphatic heterocycles. The van der Waals surface area contributed by atoms with Crippen LogP contribution in [0.1, 0.15) is 23.7 Å². The minimum absolute atomic E-state index is 0.291. The highest BCUT2D eigenvalue weighted by Crippen LogP contribution is 2.23. The number of benzene rings is 1. The van der Waals surface area contributed by atoms with Gasteiger partial charge in [-0.1, -0.05) is 6.92 Å². The van der Waals surface area contributed by atoms with E-state index in [0.717, 1.165) is 23.1 Å². The largest absolute Gasteiger partial charge is 0.478 e. The zero-order valence-corrected chi connectivity index (χ0v) is 9.47. The van der Waals surface area contributed by atoms with Crippen molar-refractivity contribution in [1.29, 1.82) is 0 Å². The van der Waals surface area contributed by atoms with Crippen LogP contribution in [0.4, 0.5) is 5.69 Å². The van der Waals surface area contributed by atoms with E-state index in [4.69, 9.17) is 5.11 Å². The van der Waals surface area contributed by atoms with Crippen LogP contribution in [0.2, 0.25) is 0 Å². The molecular weight excluding hydrogens is 246 g/mol. The number of rotatable bonds is 4. The topological polar surface area (TPSA) is 49.3 Å². The quantitative estimate of drug-likeness (QED) is 0.872. The van der Waals surface area contributed by atoms with Gasteiger partial charge < -0.3 is 10.4 Å². The lowest BCUT2D eigenvalue weighted by Crippen LogP contribution is -2.02. The summed E-state index contributed by atoms with van der Waals surface area (Å²) in [6.45, 7) is 2.96. The molecule has 1 aromatic rings. The van der Waals surface area contributed by atoms with Crippen LogP contribution >= 0.6 is 15.9 Å². The van der Waals surface area contributed by atoms with Gasteiger partial charge in [0.25, 0.3) is 0 Å². The highest BCUT2D eigenvalue weighted by Gasteiger charge is 2.05. The number of carboxylic acid groups (broad SMARTS) is 1. The lowest BCUT2D eigenvalue weighted by Gasteiger charge is -2.07. The zero-order chi connectivity index (χ0) is 10.6. The molecule has 0 amide bonds. The number of aromatic carboxylic acids is 1. The third-order valence-electron chi connectivity index (χ3n) is 1.78. The van der Waals surface area contributed by atoms with Gasteiger partial charge in [0, 0.05) is 16.7 Å². The van der Waals surface area contributed by atoms with Crippen molar-refractivity contribution in [1.82, 2.24) is 0 Å². The number of hydrogen-bond acceptors (Lipinski definition) is 2. The average Bonchev–Trinajstić information content (AvgIpc) is 2.15. The molecule has 0 bridgehead atoms. The van der Waals surface area contributed by atoms with E-state index in [1.54, 1.807) is 18.2 Å². The Kier molecular flexibility index (Phi) is 3.95. The summed E-state index contributed by atoms with van der Waals surface area (Å²) in [6, 6.07) is 4.95. The van der Waals surface area contributed by atoms with E-state index in [2.05, 4.69) is 28.2 Å². The number of carbonyl (C=O) groups is 1. The molecule has 0 heterocycles. The number of nitrogens with one attached hydrogen (secondary N) is 1. The van der Waals surface area contributed by atoms with E-state index in [1.165, 1.54) is 0 Å². The van der Waals surface area contributed by atoms with Crippen molar-refractivity contribution in [3.8, 4) is 0 Å². The first-order chi connectivity index (χ1) is 6.65. The Balaban J connectivity index is 2.84. The summed E-state index contributed by atoms with van der Waals surface area (Å²) in [5.41, 5.74) is 1.22. The Morgan fingerprint density at radius 2 is 2.29 bits per heavy atom. The third-order valence-corrected chi connectivity index (χ3v) is 2.44. The highest BCUT2D eigenvalue weighted by molar-refractivity contribution is 9.10. The van der Waals surface area contributed by atoms with Crippen LogP contribution in [-0.2, 0) is 0 Å². The molecule has 0 radical (unpaired) electrons. The summed E-state index contributed by atoms with van der Waals surface area (Å²) in [7, 11) is 0. The SMILES string of the molecule is CCCNc1ccc(C(=O)O)cc1Br. The maximum absolute atomic E-state index is 10.6. The average molecular weight is 258 g/mol. The first-order valence-corrected chi connectivity index (χ1v) is 5.21. The second-order valence-electron chi connectivity index (χ2n) is 2.93. The zero-order valence-electron chi connectivity index (χ0n) is 7.88.